The Morgan fingerprint density at radius 3 is 2.37 bits per heavy atom. The van der Waals surface area contributed by atoms with Crippen LogP contribution in [0.1, 0.15) is 45.1 Å². The molecule has 2 rings (SSSR count). The van der Waals surface area contributed by atoms with Gasteiger partial charge in [-0.25, -0.2) is 0 Å². The topological polar surface area (TPSA) is 38.0 Å². The lowest BCUT2D eigenvalue weighted by molar-refractivity contribution is 0.175. The Morgan fingerprint density at radius 1 is 1.21 bits per heavy atom. The molecule has 3 nitrogen and oxygen atoms in total. The summed E-state index contributed by atoms with van der Waals surface area (Å²) in [5.74, 6) is 0. The number of hydrogen-bond donors (Lipinski definition) is 1. The summed E-state index contributed by atoms with van der Waals surface area (Å²) in [5, 5.41) is 14.6. The Balaban J connectivity index is 2.55. The van der Waals surface area contributed by atoms with Crippen LogP contribution in [0.25, 0.3) is 11.3 Å². The highest BCUT2D eigenvalue weighted by atomic mass is 16.3. The van der Waals surface area contributed by atoms with Gasteiger partial charge in [-0.3, -0.25) is 4.68 Å². The molecule has 2 aromatic rings. The van der Waals surface area contributed by atoms with Crippen LogP contribution in [0.5, 0.6) is 0 Å². The summed E-state index contributed by atoms with van der Waals surface area (Å²) in [6.07, 6.45) is -0.523. The molecule has 0 radical (unpaired) electrons. The normalized spacial score (nSPS) is 13.6. The molecule has 0 spiro atoms. The lowest BCUT2D eigenvalue weighted by Crippen LogP contribution is -2.26. The van der Waals surface area contributed by atoms with Gasteiger partial charge in [-0.2, -0.15) is 5.10 Å². The Hall–Kier alpha value is -1.61. The third-order valence-corrected chi connectivity index (χ3v) is 3.11. The standard InChI is InChI=1S/C16H22N2O/c1-11-7-6-8-13(9-11)14-10-15(12(2)19)18(17-14)16(3,4)5/h6-10,12,19H,1-5H3. The van der Waals surface area contributed by atoms with Crippen LogP contribution in [0.15, 0.2) is 30.3 Å². The van der Waals surface area contributed by atoms with Crippen molar-refractivity contribution in [2.24, 2.45) is 0 Å². The van der Waals surface area contributed by atoms with Crippen LogP contribution in [0, 0.1) is 6.92 Å². The van der Waals surface area contributed by atoms with Crippen LogP contribution in [0.4, 0.5) is 0 Å². The van der Waals surface area contributed by atoms with Gasteiger partial charge >= 0.3 is 0 Å². The van der Waals surface area contributed by atoms with E-state index in [0.29, 0.717) is 0 Å². The van der Waals surface area contributed by atoms with Crippen LogP contribution in [0.3, 0.4) is 0 Å². The Labute approximate surface area is 114 Å². The number of aryl methyl sites for hydroxylation is 1. The molecular formula is C16H22N2O. The van der Waals surface area contributed by atoms with E-state index in [2.05, 4.69) is 44.9 Å². The molecule has 0 saturated heterocycles. The first kappa shape index (κ1) is 13.8. The summed E-state index contributed by atoms with van der Waals surface area (Å²) in [7, 11) is 0. The van der Waals surface area contributed by atoms with Crippen molar-refractivity contribution in [2.75, 3.05) is 0 Å². The second-order valence-electron chi connectivity index (χ2n) is 6.08. The predicted octanol–water partition coefficient (Wildman–Crippen LogP) is 3.67. The van der Waals surface area contributed by atoms with E-state index in [9.17, 15) is 5.11 Å². The fourth-order valence-electron chi connectivity index (χ4n) is 2.18. The smallest absolute Gasteiger partial charge is 0.0929 e. The van der Waals surface area contributed by atoms with E-state index in [1.54, 1.807) is 6.92 Å². The molecule has 0 aliphatic carbocycles. The molecule has 0 fully saturated rings. The zero-order valence-electron chi connectivity index (χ0n) is 12.3. The van der Waals surface area contributed by atoms with Crippen molar-refractivity contribution >= 4 is 0 Å². The Kier molecular flexibility index (Phi) is 3.50. The molecule has 1 N–H and O–H groups in total. The van der Waals surface area contributed by atoms with E-state index in [4.69, 9.17) is 0 Å². The number of rotatable bonds is 2. The van der Waals surface area contributed by atoms with E-state index in [-0.39, 0.29) is 5.54 Å². The second kappa shape index (κ2) is 4.82. The van der Waals surface area contributed by atoms with Crippen molar-refractivity contribution in [1.82, 2.24) is 9.78 Å². The van der Waals surface area contributed by atoms with Gasteiger partial charge in [0, 0.05) is 5.56 Å². The summed E-state index contributed by atoms with van der Waals surface area (Å²) in [4.78, 5) is 0. The van der Waals surface area contributed by atoms with Gasteiger partial charge in [0.2, 0.25) is 0 Å². The number of benzene rings is 1. The van der Waals surface area contributed by atoms with Crippen molar-refractivity contribution in [3.8, 4) is 11.3 Å². The van der Waals surface area contributed by atoms with E-state index in [1.807, 2.05) is 22.9 Å². The number of hydrogen-bond acceptors (Lipinski definition) is 2. The molecule has 19 heavy (non-hydrogen) atoms. The van der Waals surface area contributed by atoms with E-state index < -0.39 is 6.10 Å². The number of nitrogens with zero attached hydrogens (tertiary/aromatic N) is 2. The number of aromatic nitrogens is 2. The van der Waals surface area contributed by atoms with Gasteiger partial charge in [0.15, 0.2) is 0 Å². The quantitative estimate of drug-likeness (QED) is 0.892. The van der Waals surface area contributed by atoms with Gasteiger partial charge in [0.25, 0.3) is 0 Å². The number of aliphatic hydroxyl groups excluding tert-OH is 1. The maximum absolute atomic E-state index is 9.92. The minimum Gasteiger partial charge on any atom is -0.387 e. The van der Waals surface area contributed by atoms with Crippen molar-refractivity contribution in [3.05, 3.63) is 41.6 Å². The highest BCUT2D eigenvalue weighted by molar-refractivity contribution is 5.60. The zero-order chi connectivity index (χ0) is 14.2. The fourth-order valence-corrected chi connectivity index (χ4v) is 2.18. The third kappa shape index (κ3) is 2.87. The monoisotopic (exact) mass is 258 g/mol. The lowest BCUT2D eigenvalue weighted by atomic mass is 10.1. The van der Waals surface area contributed by atoms with Gasteiger partial charge in [-0.1, -0.05) is 23.8 Å². The van der Waals surface area contributed by atoms with Gasteiger partial charge < -0.3 is 5.11 Å². The molecule has 0 aliphatic heterocycles. The predicted molar refractivity (Wildman–Crippen MR) is 78.0 cm³/mol. The molecule has 1 unspecified atom stereocenters. The first-order valence-corrected chi connectivity index (χ1v) is 6.64. The Bertz CT molecular complexity index is 577. The van der Waals surface area contributed by atoms with E-state index >= 15 is 0 Å². The molecule has 0 bridgehead atoms. The highest BCUT2D eigenvalue weighted by Gasteiger charge is 2.22. The lowest BCUT2D eigenvalue weighted by Gasteiger charge is -2.23. The molecule has 1 aromatic carbocycles. The van der Waals surface area contributed by atoms with Crippen LogP contribution >= 0.6 is 0 Å². The molecule has 1 aromatic heterocycles. The first-order valence-electron chi connectivity index (χ1n) is 6.64. The summed E-state index contributed by atoms with van der Waals surface area (Å²) in [6, 6.07) is 10.2. The second-order valence-corrected chi connectivity index (χ2v) is 6.08. The van der Waals surface area contributed by atoms with Gasteiger partial charge in [-0.05, 0) is 46.8 Å². The molecular weight excluding hydrogens is 236 g/mol. The minimum atomic E-state index is -0.523. The van der Waals surface area contributed by atoms with Gasteiger partial charge in [-0.15, -0.1) is 0 Å². The van der Waals surface area contributed by atoms with Crippen molar-refractivity contribution in [2.45, 2.75) is 46.3 Å². The van der Waals surface area contributed by atoms with Crippen molar-refractivity contribution in [1.29, 1.82) is 0 Å². The summed E-state index contributed by atoms with van der Waals surface area (Å²) in [6.45, 7) is 10.1. The highest BCUT2D eigenvalue weighted by Crippen LogP contribution is 2.27. The van der Waals surface area contributed by atoms with Crippen molar-refractivity contribution in [3.63, 3.8) is 0 Å². The number of aliphatic hydroxyl groups is 1. The molecule has 3 heteroatoms. The average molecular weight is 258 g/mol. The molecule has 1 heterocycles. The average Bonchev–Trinajstić information content (AvgIpc) is 2.73. The molecule has 1 atom stereocenters. The third-order valence-electron chi connectivity index (χ3n) is 3.11. The SMILES string of the molecule is Cc1cccc(-c2cc(C(C)O)n(C(C)(C)C)n2)c1. The van der Waals surface area contributed by atoms with E-state index in [1.165, 1.54) is 5.56 Å². The maximum Gasteiger partial charge on any atom is 0.0929 e. The van der Waals surface area contributed by atoms with Crippen LogP contribution in [-0.2, 0) is 5.54 Å². The van der Waals surface area contributed by atoms with Crippen molar-refractivity contribution < 1.29 is 5.11 Å². The van der Waals surface area contributed by atoms with Gasteiger partial charge in [0.1, 0.15) is 0 Å². The largest absolute Gasteiger partial charge is 0.387 e. The molecule has 0 saturated carbocycles. The van der Waals surface area contributed by atoms with E-state index in [0.717, 1.165) is 17.0 Å². The molecule has 102 valence electrons. The maximum atomic E-state index is 9.92. The summed E-state index contributed by atoms with van der Waals surface area (Å²) in [5.41, 5.74) is 3.92. The first-order chi connectivity index (χ1) is 8.79. The fraction of sp³-hybridized carbons (Fsp3) is 0.438. The molecule has 0 amide bonds. The molecule has 0 aliphatic rings. The zero-order valence-corrected chi connectivity index (χ0v) is 12.3. The van der Waals surface area contributed by atoms with Crippen LogP contribution in [-0.4, -0.2) is 14.9 Å². The van der Waals surface area contributed by atoms with Crippen LogP contribution in [0.2, 0.25) is 0 Å². The van der Waals surface area contributed by atoms with Crippen LogP contribution < -0.4 is 0 Å². The minimum absolute atomic E-state index is 0.144. The Morgan fingerprint density at radius 2 is 1.89 bits per heavy atom. The van der Waals surface area contributed by atoms with Gasteiger partial charge in [0.05, 0.1) is 23.0 Å². The summed E-state index contributed by atoms with van der Waals surface area (Å²) >= 11 is 0. The summed E-state index contributed by atoms with van der Waals surface area (Å²) < 4.78 is 1.91.